The van der Waals surface area contributed by atoms with E-state index in [9.17, 15) is 0 Å². The average molecular weight is 534 g/mol. The maximum absolute atomic E-state index is 2.72. The third kappa shape index (κ3) is 9.42. The maximum Gasteiger partial charge on any atom is 0.00190 e. The summed E-state index contributed by atoms with van der Waals surface area (Å²) in [6.45, 7) is 6.02. The summed E-state index contributed by atoms with van der Waals surface area (Å²) < 4.78 is 0. The second-order valence-electron chi connectivity index (χ2n) is 11.4. The first-order valence-corrected chi connectivity index (χ1v) is 15.7. The minimum absolute atomic E-state index is 0. The molecule has 0 saturated carbocycles. The molecule has 1 heterocycles. The minimum atomic E-state index is 0. The van der Waals surface area contributed by atoms with Gasteiger partial charge in [-0.15, -0.1) is 12.4 Å². The lowest BCUT2D eigenvalue weighted by Gasteiger charge is -2.30. The van der Waals surface area contributed by atoms with Crippen molar-refractivity contribution >= 4 is 30.1 Å². The summed E-state index contributed by atoms with van der Waals surface area (Å²) in [5.74, 6) is 0. The standard InChI is InChI=1S/C36H51N.ClH/c1-2-3-4-5-6-7-8-9-10-11-12-13-14-19-28-37-29-26-33(27-30-37)36-34-22-17-15-20-31(34)24-25-32-21-16-18-23-35(32)36;/h15-18,20-25H,2-14,19,26-30H2,1H3;1H. The Morgan fingerprint density at radius 2 is 0.974 bits per heavy atom. The van der Waals surface area contributed by atoms with Crippen molar-refractivity contribution in [1.29, 1.82) is 0 Å². The quantitative estimate of drug-likeness (QED) is 0.175. The molecule has 208 valence electrons. The van der Waals surface area contributed by atoms with Gasteiger partial charge in [0.25, 0.3) is 0 Å². The molecule has 1 fully saturated rings. The van der Waals surface area contributed by atoms with Gasteiger partial charge < -0.3 is 4.90 Å². The normalized spacial score (nSPS) is 15.1. The van der Waals surface area contributed by atoms with E-state index < -0.39 is 0 Å². The highest BCUT2D eigenvalue weighted by molar-refractivity contribution is 5.94. The number of hydrogen-bond donors (Lipinski definition) is 0. The third-order valence-corrected chi connectivity index (χ3v) is 8.54. The maximum atomic E-state index is 2.72. The fraction of sp³-hybridized carbons (Fsp3) is 0.556. The predicted octanol–water partition coefficient (Wildman–Crippen LogP) is 11.0. The third-order valence-electron chi connectivity index (χ3n) is 8.54. The van der Waals surface area contributed by atoms with Gasteiger partial charge in [-0.25, -0.2) is 0 Å². The molecule has 0 amide bonds. The van der Waals surface area contributed by atoms with Crippen LogP contribution in [0.15, 0.2) is 54.1 Å². The van der Waals surface area contributed by atoms with Crippen LogP contribution in [0.3, 0.4) is 0 Å². The highest BCUT2D eigenvalue weighted by atomic mass is 35.5. The fourth-order valence-electron chi connectivity index (χ4n) is 6.27. The molecule has 2 aromatic carbocycles. The van der Waals surface area contributed by atoms with Crippen LogP contribution in [-0.4, -0.2) is 24.5 Å². The van der Waals surface area contributed by atoms with Crippen LogP contribution in [0.5, 0.6) is 0 Å². The van der Waals surface area contributed by atoms with Crippen LogP contribution in [-0.2, 0) is 0 Å². The van der Waals surface area contributed by atoms with Crippen LogP contribution in [0.25, 0.3) is 17.7 Å². The van der Waals surface area contributed by atoms with Gasteiger partial charge >= 0.3 is 0 Å². The second kappa shape index (κ2) is 17.7. The Balaban J connectivity index is 0.00000400. The van der Waals surface area contributed by atoms with Crippen molar-refractivity contribution in [3.8, 4) is 0 Å². The van der Waals surface area contributed by atoms with Crippen LogP contribution >= 0.6 is 12.4 Å². The largest absolute Gasteiger partial charge is 0.303 e. The van der Waals surface area contributed by atoms with Crippen molar-refractivity contribution in [3.63, 3.8) is 0 Å². The predicted molar refractivity (Wildman–Crippen MR) is 171 cm³/mol. The summed E-state index contributed by atoms with van der Waals surface area (Å²) >= 11 is 0. The van der Waals surface area contributed by atoms with E-state index in [1.807, 2.05) is 0 Å². The van der Waals surface area contributed by atoms with Crippen molar-refractivity contribution in [1.82, 2.24) is 4.90 Å². The summed E-state index contributed by atoms with van der Waals surface area (Å²) in [7, 11) is 0. The summed E-state index contributed by atoms with van der Waals surface area (Å²) in [6, 6.07) is 17.9. The van der Waals surface area contributed by atoms with Gasteiger partial charge in [-0.1, -0.05) is 157 Å². The van der Waals surface area contributed by atoms with E-state index in [1.54, 1.807) is 5.57 Å². The van der Waals surface area contributed by atoms with Crippen LogP contribution in [0.2, 0.25) is 0 Å². The molecule has 38 heavy (non-hydrogen) atoms. The number of unbranched alkanes of at least 4 members (excludes halogenated alkanes) is 13. The monoisotopic (exact) mass is 533 g/mol. The molecule has 0 atom stereocenters. The van der Waals surface area contributed by atoms with E-state index in [0.29, 0.717) is 0 Å². The molecule has 0 spiro atoms. The Hall–Kier alpha value is -1.83. The molecule has 4 rings (SSSR count). The molecule has 1 saturated heterocycles. The Morgan fingerprint density at radius 1 is 0.553 bits per heavy atom. The van der Waals surface area contributed by atoms with Crippen LogP contribution < -0.4 is 0 Å². The number of hydrogen-bond acceptors (Lipinski definition) is 1. The first-order valence-electron chi connectivity index (χ1n) is 15.7. The van der Waals surface area contributed by atoms with Crippen molar-refractivity contribution in [2.75, 3.05) is 19.6 Å². The lowest BCUT2D eigenvalue weighted by molar-refractivity contribution is 0.251. The summed E-state index contributed by atoms with van der Waals surface area (Å²) in [4.78, 5) is 2.72. The molecule has 1 aliphatic carbocycles. The molecular weight excluding hydrogens is 482 g/mol. The van der Waals surface area contributed by atoms with Gasteiger partial charge in [0.05, 0.1) is 0 Å². The smallest absolute Gasteiger partial charge is 0.00190 e. The molecule has 0 radical (unpaired) electrons. The summed E-state index contributed by atoms with van der Waals surface area (Å²) in [5, 5.41) is 0. The van der Waals surface area contributed by atoms with E-state index in [0.717, 1.165) is 0 Å². The lowest BCUT2D eigenvalue weighted by atomic mass is 9.86. The van der Waals surface area contributed by atoms with E-state index in [1.165, 1.54) is 150 Å². The summed E-state index contributed by atoms with van der Waals surface area (Å²) in [5.41, 5.74) is 8.70. The van der Waals surface area contributed by atoms with Gasteiger partial charge in [0.15, 0.2) is 0 Å². The second-order valence-corrected chi connectivity index (χ2v) is 11.4. The number of rotatable bonds is 15. The highest BCUT2D eigenvalue weighted by Crippen LogP contribution is 2.38. The number of nitrogens with zero attached hydrogens (tertiary/aromatic N) is 1. The SMILES string of the molecule is CCCCCCCCCCCCCCCCN1CCC(=C2c3ccccc3C=Cc3ccccc32)CC1.Cl. The van der Waals surface area contributed by atoms with Gasteiger partial charge in [0, 0.05) is 13.1 Å². The zero-order valence-corrected chi connectivity index (χ0v) is 24.9. The Morgan fingerprint density at radius 3 is 1.45 bits per heavy atom. The van der Waals surface area contributed by atoms with Gasteiger partial charge in [-0.3, -0.25) is 0 Å². The molecule has 2 aliphatic rings. The zero-order chi connectivity index (χ0) is 25.5. The van der Waals surface area contributed by atoms with Crippen molar-refractivity contribution in [2.45, 2.75) is 110 Å². The molecular formula is C36H52ClN. The molecule has 0 N–H and O–H groups in total. The Bertz CT molecular complexity index is 942. The average Bonchev–Trinajstić information content (AvgIpc) is 3.11. The van der Waals surface area contributed by atoms with Gasteiger partial charge in [0.1, 0.15) is 0 Å². The van der Waals surface area contributed by atoms with E-state index in [-0.39, 0.29) is 12.4 Å². The minimum Gasteiger partial charge on any atom is -0.303 e. The Kier molecular flexibility index (Phi) is 14.3. The number of likely N-dealkylation sites (tertiary alicyclic amines) is 1. The van der Waals surface area contributed by atoms with Crippen LogP contribution in [0, 0.1) is 0 Å². The molecule has 0 bridgehead atoms. The molecule has 1 aliphatic heterocycles. The summed E-state index contributed by atoms with van der Waals surface area (Å²) in [6.07, 6.45) is 27.1. The first kappa shape index (κ1) is 30.7. The molecule has 2 heteroatoms. The number of fused-ring (bicyclic) bond motifs is 2. The van der Waals surface area contributed by atoms with Gasteiger partial charge in [0.2, 0.25) is 0 Å². The van der Waals surface area contributed by atoms with Crippen molar-refractivity contribution in [2.24, 2.45) is 0 Å². The van der Waals surface area contributed by atoms with Crippen molar-refractivity contribution in [3.05, 3.63) is 76.4 Å². The molecule has 0 unspecified atom stereocenters. The van der Waals surface area contributed by atoms with E-state index in [2.05, 4.69) is 72.5 Å². The van der Waals surface area contributed by atoms with E-state index >= 15 is 0 Å². The number of benzene rings is 2. The van der Waals surface area contributed by atoms with Crippen molar-refractivity contribution < 1.29 is 0 Å². The molecule has 0 aromatic heterocycles. The van der Waals surface area contributed by atoms with Gasteiger partial charge in [-0.2, -0.15) is 0 Å². The highest BCUT2D eigenvalue weighted by Gasteiger charge is 2.22. The molecule has 2 aromatic rings. The van der Waals surface area contributed by atoms with E-state index in [4.69, 9.17) is 0 Å². The Labute approximate surface area is 240 Å². The number of piperidine rings is 1. The number of halogens is 1. The zero-order valence-electron chi connectivity index (χ0n) is 24.1. The lowest BCUT2D eigenvalue weighted by Crippen LogP contribution is -2.32. The molecule has 1 nitrogen and oxygen atoms in total. The first-order chi connectivity index (χ1) is 18.4. The van der Waals surface area contributed by atoms with Crippen LogP contribution in [0.1, 0.15) is 132 Å². The topological polar surface area (TPSA) is 3.24 Å². The fourth-order valence-corrected chi connectivity index (χ4v) is 6.27. The van der Waals surface area contributed by atoms with Gasteiger partial charge in [-0.05, 0) is 53.6 Å². The van der Waals surface area contributed by atoms with Crippen LogP contribution in [0.4, 0.5) is 0 Å².